The average Bonchev–Trinajstić information content (AvgIpc) is 2.71. The van der Waals surface area contributed by atoms with Crippen LogP contribution in [0.25, 0.3) is 0 Å². The predicted molar refractivity (Wildman–Crippen MR) is 74.3 cm³/mol. The molecule has 7 heteroatoms. The number of hydrogen-bond acceptors (Lipinski definition) is 5. The lowest BCUT2D eigenvalue weighted by atomic mass is 10.2. The van der Waals surface area contributed by atoms with Crippen molar-refractivity contribution in [1.82, 2.24) is 14.9 Å². The maximum absolute atomic E-state index is 12.0. The fourth-order valence-electron chi connectivity index (χ4n) is 1.74. The first-order valence-electron chi connectivity index (χ1n) is 5.87. The highest BCUT2D eigenvalue weighted by atomic mass is 35.5. The van der Waals surface area contributed by atoms with Gasteiger partial charge in [0.2, 0.25) is 0 Å². The zero-order valence-electron chi connectivity index (χ0n) is 11.4. The lowest BCUT2D eigenvalue weighted by Crippen LogP contribution is -2.33. The van der Waals surface area contributed by atoms with E-state index in [9.17, 15) is 4.79 Å². The quantitative estimate of drug-likeness (QED) is 0.453. The number of carbonyl (C=O) groups is 1. The Morgan fingerprint density at radius 2 is 2.05 bits per heavy atom. The molecule has 0 radical (unpaired) electrons. The van der Waals surface area contributed by atoms with Crippen LogP contribution in [0, 0.1) is 0 Å². The molecule has 0 bridgehead atoms. The molecule has 104 valence electrons. The number of amides is 1. The number of nitrogens with zero attached hydrogens (tertiary/aromatic N) is 3. The second-order valence-corrected chi connectivity index (χ2v) is 6.39. The number of carbonyl (C=O) groups excluding carboxylic acids is 1. The Labute approximate surface area is 121 Å². The number of thioether (sulfide) groups is 1. The van der Waals surface area contributed by atoms with Gasteiger partial charge in [-0.2, -0.15) is 0 Å². The highest BCUT2D eigenvalue weighted by molar-refractivity contribution is 7.98. The summed E-state index contributed by atoms with van der Waals surface area (Å²) in [7, 11) is 0. The molecule has 19 heavy (non-hydrogen) atoms. The van der Waals surface area contributed by atoms with Gasteiger partial charge < -0.3 is 4.74 Å². The molecule has 0 spiro atoms. The molecule has 0 saturated carbocycles. The van der Waals surface area contributed by atoms with E-state index in [4.69, 9.17) is 16.3 Å². The molecule has 1 aromatic rings. The van der Waals surface area contributed by atoms with Crippen molar-refractivity contribution in [2.24, 2.45) is 0 Å². The molecule has 0 fully saturated rings. The van der Waals surface area contributed by atoms with Crippen LogP contribution < -0.4 is 0 Å². The molecule has 0 atom stereocenters. The van der Waals surface area contributed by atoms with Gasteiger partial charge in [-0.15, -0.1) is 0 Å². The first-order valence-corrected chi connectivity index (χ1v) is 7.47. The molecular weight excluding hydrogens is 286 g/mol. The number of aromatic nitrogens is 2. The highest BCUT2D eigenvalue weighted by Crippen LogP contribution is 2.29. The lowest BCUT2D eigenvalue weighted by molar-refractivity contribution is 0.0240. The van der Waals surface area contributed by atoms with E-state index in [-0.39, 0.29) is 6.09 Å². The molecule has 1 aliphatic heterocycles. The second-order valence-electron chi connectivity index (χ2n) is 5.26. The summed E-state index contributed by atoms with van der Waals surface area (Å²) < 4.78 is 5.34. The van der Waals surface area contributed by atoms with Crippen molar-refractivity contribution in [1.29, 1.82) is 0 Å². The van der Waals surface area contributed by atoms with E-state index in [1.54, 1.807) is 4.90 Å². The predicted octanol–water partition coefficient (Wildman–Crippen LogP) is 3.10. The van der Waals surface area contributed by atoms with Gasteiger partial charge in [-0.05, 0) is 27.0 Å². The Balaban J connectivity index is 2.16. The van der Waals surface area contributed by atoms with Gasteiger partial charge in [-0.1, -0.05) is 23.4 Å². The Hall–Kier alpha value is -1.01. The summed E-state index contributed by atoms with van der Waals surface area (Å²) in [5, 5.41) is 1.04. The standard InChI is InChI=1S/C12H16ClN3O2S/c1-12(2,3)18-11(17)16-5-7-8(6-16)14-10(19-4)15-9(7)13/h5-6H2,1-4H3. The lowest BCUT2D eigenvalue weighted by Gasteiger charge is -2.23. The molecule has 2 rings (SSSR count). The van der Waals surface area contributed by atoms with Crippen LogP contribution in [0.2, 0.25) is 5.15 Å². The van der Waals surface area contributed by atoms with Crippen molar-refractivity contribution in [2.75, 3.05) is 6.26 Å². The Morgan fingerprint density at radius 1 is 1.37 bits per heavy atom. The molecule has 1 aromatic heterocycles. The van der Waals surface area contributed by atoms with Crippen LogP contribution in [0.4, 0.5) is 4.79 Å². The normalized spacial score (nSPS) is 14.5. The van der Waals surface area contributed by atoms with Gasteiger partial charge in [0, 0.05) is 5.56 Å². The fraction of sp³-hybridized carbons (Fsp3) is 0.583. The van der Waals surface area contributed by atoms with E-state index in [1.807, 2.05) is 27.0 Å². The van der Waals surface area contributed by atoms with Crippen molar-refractivity contribution in [3.63, 3.8) is 0 Å². The van der Waals surface area contributed by atoms with Crippen LogP contribution in [0.1, 0.15) is 32.0 Å². The number of halogens is 1. The molecule has 5 nitrogen and oxygen atoms in total. The van der Waals surface area contributed by atoms with Crippen molar-refractivity contribution in [3.8, 4) is 0 Å². The zero-order valence-corrected chi connectivity index (χ0v) is 12.9. The molecule has 0 aromatic carbocycles. The van der Waals surface area contributed by atoms with Crippen LogP contribution in [0.3, 0.4) is 0 Å². The number of rotatable bonds is 1. The van der Waals surface area contributed by atoms with Gasteiger partial charge in [0.15, 0.2) is 5.16 Å². The molecule has 2 heterocycles. The first-order chi connectivity index (χ1) is 8.80. The van der Waals surface area contributed by atoms with Crippen LogP contribution in [-0.4, -0.2) is 32.8 Å². The van der Waals surface area contributed by atoms with E-state index < -0.39 is 5.60 Å². The number of fused-ring (bicyclic) bond motifs is 1. The zero-order chi connectivity index (χ0) is 14.2. The number of hydrogen-bond donors (Lipinski definition) is 0. The van der Waals surface area contributed by atoms with Gasteiger partial charge in [0.1, 0.15) is 10.8 Å². The maximum atomic E-state index is 12.0. The third kappa shape index (κ3) is 3.30. The van der Waals surface area contributed by atoms with Crippen molar-refractivity contribution >= 4 is 29.5 Å². The monoisotopic (exact) mass is 301 g/mol. The topological polar surface area (TPSA) is 55.3 Å². The van der Waals surface area contributed by atoms with E-state index >= 15 is 0 Å². The van der Waals surface area contributed by atoms with E-state index in [1.165, 1.54) is 11.8 Å². The molecular formula is C12H16ClN3O2S. The van der Waals surface area contributed by atoms with Crippen LogP contribution in [-0.2, 0) is 17.8 Å². The highest BCUT2D eigenvalue weighted by Gasteiger charge is 2.30. The maximum Gasteiger partial charge on any atom is 0.410 e. The molecule has 0 unspecified atom stereocenters. The summed E-state index contributed by atoms with van der Waals surface area (Å²) >= 11 is 7.54. The van der Waals surface area contributed by atoms with E-state index in [2.05, 4.69) is 9.97 Å². The summed E-state index contributed by atoms with van der Waals surface area (Å²) in [5.41, 5.74) is 1.10. The van der Waals surface area contributed by atoms with Gasteiger partial charge in [-0.3, -0.25) is 4.90 Å². The third-order valence-corrected chi connectivity index (χ3v) is 3.41. The molecule has 0 aliphatic carbocycles. The van der Waals surface area contributed by atoms with Crippen molar-refractivity contribution in [2.45, 2.75) is 44.6 Å². The smallest absolute Gasteiger partial charge is 0.410 e. The van der Waals surface area contributed by atoms with E-state index in [0.717, 1.165) is 11.3 Å². The Morgan fingerprint density at radius 3 is 2.63 bits per heavy atom. The van der Waals surface area contributed by atoms with Gasteiger partial charge in [-0.25, -0.2) is 14.8 Å². The SMILES string of the molecule is CSc1nc(Cl)c2c(n1)CN(C(=O)OC(C)(C)C)C2. The molecule has 1 amide bonds. The minimum absolute atomic E-state index is 0.354. The summed E-state index contributed by atoms with van der Waals surface area (Å²) in [6.45, 7) is 6.34. The molecule has 0 N–H and O–H groups in total. The van der Waals surface area contributed by atoms with Gasteiger partial charge in [0.05, 0.1) is 18.8 Å². The Bertz CT molecular complexity index is 516. The van der Waals surface area contributed by atoms with E-state index in [0.29, 0.717) is 23.4 Å². The Kier molecular flexibility index (Phi) is 3.92. The minimum Gasteiger partial charge on any atom is -0.444 e. The average molecular weight is 302 g/mol. The van der Waals surface area contributed by atoms with Crippen LogP contribution in [0.5, 0.6) is 0 Å². The van der Waals surface area contributed by atoms with Crippen LogP contribution in [0.15, 0.2) is 5.16 Å². The molecule has 0 saturated heterocycles. The summed E-state index contributed by atoms with van der Waals surface area (Å²) in [6.07, 6.45) is 1.53. The minimum atomic E-state index is -0.508. The summed E-state index contributed by atoms with van der Waals surface area (Å²) in [4.78, 5) is 22.1. The largest absolute Gasteiger partial charge is 0.444 e. The molecule has 1 aliphatic rings. The number of ether oxygens (including phenoxy) is 1. The third-order valence-electron chi connectivity index (χ3n) is 2.55. The van der Waals surface area contributed by atoms with Gasteiger partial charge in [0.25, 0.3) is 0 Å². The van der Waals surface area contributed by atoms with Crippen molar-refractivity contribution < 1.29 is 9.53 Å². The van der Waals surface area contributed by atoms with Crippen molar-refractivity contribution in [3.05, 3.63) is 16.4 Å². The van der Waals surface area contributed by atoms with Crippen LogP contribution >= 0.6 is 23.4 Å². The first kappa shape index (κ1) is 14.4. The second kappa shape index (κ2) is 5.17. The summed E-state index contributed by atoms with van der Waals surface area (Å²) in [5.74, 6) is 0. The van der Waals surface area contributed by atoms with Gasteiger partial charge >= 0.3 is 6.09 Å². The summed E-state index contributed by atoms with van der Waals surface area (Å²) in [6, 6.07) is 0. The fourth-order valence-corrected chi connectivity index (χ4v) is 2.42.